The van der Waals surface area contributed by atoms with Crippen molar-refractivity contribution in [1.82, 2.24) is 4.90 Å². The van der Waals surface area contributed by atoms with Crippen LogP contribution in [0.5, 0.6) is 0 Å². The molecular formula is C14H25NO2. The molecule has 1 N–H and O–H groups in total. The van der Waals surface area contributed by atoms with E-state index in [-0.39, 0.29) is 0 Å². The van der Waals surface area contributed by atoms with Crippen molar-refractivity contribution < 1.29 is 9.90 Å². The van der Waals surface area contributed by atoms with Crippen molar-refractivity contribution in [3.63, 3.8) is 0 Å². The third-order valence-electron chi connectivity index (χ3n) is 4.45. The molecule has 17 heavy (non-hydrogen) atoms. The highest BCUT2D eigenvalue weighted by molar-refractivity contribution is 5.67. The van der Waals surface area contributed by atoms with Crippen LogP contribution in [0.1, 0.15) is 46.0 Å². The molecule has 3 atom stereocenters. The molecule has 1 heterocycles. The van der Waals surface area contributed by atoms with Gasteiger partial charge in [-0.2, -0.15) is 0 Å². The van der Waals surface area contributed by atoms with Gasteiger partial charge in [-0.3, -0.25) is 4.79 Å². The summed E-state index contributed by atoms with van der Waals surface area (Å²) < 4.78 is 0. The molecule has 3 nitrogen and oxygen atoms in total. The number of carbonyl (C=O) groups is 1. The lowest BCUT2D eigenvalue weighted by molar-refractivity contribution is -0.138. The summed E-state index contributed by atoms with van der Waals surface area (Å²) in [4.78, 5) is 13.3. The molecule has 1 aliphatic heterocycles. The minimum atomic E-state index is -0.637. The summed E-state index contributed by atoms with van der Waals surface area (Å²) in [5, 5.41) is 8.84. The molecule has 1 saturated heterocycles. The van der Waals surface area contributed by atoms with Gasteiger partial charge in [0.2, 0.25) is 0 Å². The number of likely N-dealkylation sites (tertiary alicyclic amines) is 1. The molecule has 0 radical (unpaired) electrons. The fourth-order valence-corrected chi connectivity index (χ4v) is 3.81. The van der Waals surface area contributed by atoms with Crippen LogP contribution in [0.3, 0.4) is 0 Å². The Balaban J connectivity index is 1.85. The van der Waals surface area contributed by atoms with Crippen molar-refractivity contribution in [2.45, 2.75) is 52.0 Å². The fourth-order valence-electron chi connectivity index (χ4n) is 3.81. The number of hydrogen-bond donors (Lipinski definition) is 1. The monoisotopic (exact) mass is 239 g/mol. The smallest absolute Gasteiger partial charge is 0.303 e. The van der Waals surface area contributed by atoms with Gasteiger partial charge in [-0.15, -0.1) is 0 Å². The van der Waals surface area contributed by atoms with Crippen LogP contribution >= 0.6 is 0 Å². The molecule has 0 aromatic rings. The summed E-state index contributed by atoms with van der Waals surface area (Å²) in [6.45, 7) is 6.83. The zero-order chi connectivity index (χ0) is 12.4. The predicted octanol–water partition coefficient (Wildman–Crippen LogP) is 2.61. The Kier molecular flexibility index (Phi) is 4.08. The summed E-state index contributed by atoms with van der Waals surface area (Å²) in [5.41, 5.74) is 0. The van der Waals surface area contributed by atoms with E-state index in [1.807, 2.05) is 0 Å². The first-order valence-corrected chi connectivity index (χ1v) is 7.00. The van der Waals surface area contributed by atoms with Gasteiger partial charge in [0.25, 0.3) is 0 Å². The molecule has 0 amide bonds. The highest BCUT2D eigenvalue weighted by Crippen LogP contribution is 2.34. The number of aliphatic carboxylic acids is 1. The van der Waals surface area contributed by atoms with Gasteiger partial charge in [-0.25, -0.2) is 0 Å². The number of nitrogens with zero attached hydrogens (tertiary/aromatic N) is 1. The summed E-state index contributed by atoms with van der Waals surface area (Å²) >= 11 is 0. The predicted molar refractivity (Wildman–Crippen MR) is 67.9 cm³/mol. The molecule has 0 aromatic carbocycles. The van der Waals surface area contributed by atoms with Crippen molar-refractivity contribution in [2.75, 3.05) is 13.1 Å². The second kappa shape index (κ2) is 5.38. The Morgan fingerprint density at radius 2 is 1.88 bits per heavy atom. The summed E-state index contributed by atoms with van der Waals surface area (Å²) in [6, 6.07) is 0.715. The highest BCUT2D eigenvalue weighted by atomic mass is 16.4. The van der Waals surface area contributed by atoms with Crippen LogP contribution in [-0.4, -0.2) is 35.1 Å². The first kappa shape index (κ1) is 12.9. The van der Waals surface area contributed by atoms with Gasteiger partial charge in [-0.1, -0.05) is 13.8 Å². The van der Waals surface area contributed by atoms with Gasteiger partial charge < -0.3 is 10.0 Å². The third kappa shape index (κ3) is 3.44. The normalized spacial score (nSPS) is 39.4. The van der Waals surface area contributed by atoms with E-state index < -0.39 is 5.97 Å². The number of rotatable bonds is 3. The lowest BCUT2D eigenvalue weighted by Crippen LogP contribution is -2.39. The van der Waals surface area contributed by atoms with Crippen molar-refractivity contribution in [1.29, 1.82) is 0 Å². The van der Waals surface area contributed by atoms with E-state index in [1.54, 1.807) is 0 Å². The number of carboxylic acids is 1. The Morgan fingerprint density at radius 1 is 1.24 bits per heavy atom. The van der Waals surface area contributed by atoms with Gasteiger partial charge in [0.15, 0.2) is 0 Å². The highest BCUT2D eigenvalue weighted by Gasteiger charge is 2.33. The van der Waals surface area contributed by atoms with E-state index in [0.717, 1.165) is 31.3 Å². The van der Waals surface area contributed by atoms with Gasteiger partial charge in [0.1, 0.15) is 0 Å². The Bertz CT molecular complexity index is 269. The van der Waals surface area contributed by atoms with Crippen LogP contribution < -0.4 is 0 Å². The van der Waals surface area contributed by atoms with E-state index in [2.05, 4.69) is 18.7 Å². The van der Waals surface area contributed by atoms with E-state index in [0.29, 0.717) is 18.4 Å². The maximum absolute atomic E-state index is 10.7. The quantitative estimate of drug-likeness (QED) is 0.823. The van der Waals surface area contributed by atoms with Crippen LogP contribution in [0.15, 0.2) is 0 Å². The van der Waals surface area contributed by atoms with Crippen molar-refractivity contribution in [3.05, 3.63) is 0 Å². The number of hydrogen-bond acceptors (Lipinski definition) is 2. The average molecular weight is 239 g/mol. The topological polar surface area (TPSA) is 40.5 Å². The van der Waals surface area contributed by atoms with E-state index in [9.17, 15) is 4.79 Å². The first-order chi connectivity index (χ1) is 8.04. The standard InChI is InChI=1S/C14H25NO2/c1-10-5-11(2)7-13(6-10)15-4-3-12(9-15)8-14(16)17/h10-13H,3-9H2,1-2H3,(H,16,17). The molecule has 0 bridgehead atoms. The molecule has 98 valence electrons. The zero-order valence-electron chi connectivity index (χ0n) is 11.1. The van der Waals surface area contributed by atoms with Gasteiger partial charge in [0.05, 0.1) is 0 Å². The summed E-state index contributed by atoms with van der Waals surface area (Å²) in [6.07, 6.45) is 5.41. The SMILES string of the molecule is CC1CC(C)CC(N2CCC(CC(=O)O)C2)C1. The molecule has 0 spiro atoms. The van der Waals surface area contributed by atoms with Crippen molar-refractivity contribution in [2.24, 2.45) is 17.8 Å². The van der Waals surface area contributed by atoms with E-state index in [1.165, 1.54) is 19.3 Å². The molecule has 0 aromatic heterocycles. The number of carboxylic acid groups (broad SMARTS) is 1. The maximum Gasteiger partial charge on any atom is 0.303 e. The lowest BCUT2D eigenvalue weighted by Gasteiger charge is -2.37. The van der Waals surface area contributed by atoms with Crippen LogP contribution in [-0.2, 0) is 4.79 Å². The van der Waals surface area contributed by atoms with E-state index in [4.69, 9.17) is 5.11 Å². The van der Waals surface area contributed by atoms with Crippen LogP contribution in [0.4, 0.5) is 0 Å². The van der Waals surface area contributed by atoms with Crippen molar-refractivity contribution >= 4 is 5.97 Å². The second-order valence-electron chi connectivity index (χ2n) is 6.32. The van der Waals surface area contributed by atoms with Crippen LogP contribution in [0, 0.1) is 17.8 Å². The fraction of sp³-hybridized carbons (Fsp3) is 0.929. The van der Waals surface area contributed by atoms with Gasteiger partial charge >= 0.3 is 5.97 Å². The average Bonchev–Trinajstić information content (AvgIpc) is 2.63. The minimum absolute atomic E-state index is 0.355. The minimum Gasteiger partial charge on any atom is -0.481 e. The molecular weight excluding hydrogens is 214 g/mol. The molecule has 2 aliphatic rings. The van der Waals surface area contributed by atoms with Crippen LogP contribution in [0.2, 0.25) is 0 Å². The van der Waals surface area contributed by atoms with Crippen molar-refractivity contribution in [3.8, 4) is 0 Å². The third-order valence-corrected chi connectivity index (χ3v) is 4.45. The molecule has 3 heteroatoms. The molecule has 1 aliphatic carbocycles. The Hall–Kier alpha value is -0.570. The maximum atomic E-state index is 10.7. The zero-order valence-corrected chi connectivity index (χ0v) is 11.1. The molecule has 2 fully saturated rings. The summed E-state index contributed by atoms with van der Waals surface area (Å²) in [5.74, 6) is 1.42. The van der Waals surface area contributed by atoms with E-state index >= 15 is 0 Å². The Morgan fingerprint density at radius 3 is 2.47 bits per heavy atom. The Labute approximate surface area is 104 Å². The molecule has 3 unspecified atom stereocenters. The first-order valence-electron chi connectivity index (χ1n) is 7.00. The van der Waals surface area contributed by atoms with Crippen LogP contribution in [0.25, 0.3) is 0 Å². The molecule has 2 rings (SSSR count). The lowest BCUT2D eigenvalue weighted by atomic mass is 9.80. The van der Waals surface area contributed by atoms with Gasteiger partial charge in [0, 0.05) is 19.0 Å². The summed E-state index contributed by atoms with van der Waals surface area (Å²) in [7, 11) is 0. The largest absolute Gasteiger partial charge is 0.481 e. The second-order valence-corrected chi connectivity index (χ2v) is 6.32. The molecule has 1 saturated carbocycles. The van der Waals surface area contributed by atoms with Gasteiger partial charge in [-0.05, 0) is 50.0 Å².